The van der Waals surface area contributed by atoms with Gasteiger partial charge in [0.05, 0.1) is 0 Å². The topological polar surface area (TPSA) is 18.5 Å². The van der Waals surface area contributed by atoms with Crippen molar-refractivity contribution in [1.82, 2.24) is 0 Å². The molecule has 0 aromatic heterocycles. The van der Waals surface area contributed by atoms with Crippen molar-refractivity contribution in [3.8, 4) is 0 Å². The predicted molar refractivity (Wildman–Crippen MR) is 133 cm³/mol. The maximum atomic E-state index is 6.13. The van der Waals surface area contributed by atoms with E-state index >= 15 is 0 Å². The molecule has 0 N–H and O–H groups in total. The van der Waals surface area contributed by atoms with Gasteiger partial charge in [0, 0.05) is 18.5 Å². The number of halogens is 1. The summed E-state index contributed by atoms with van der Waals surface area (Å²) in [7, 11) is 0. The second-order valence-corrected chi connectivity index (χ2v) is 9.45. The quantitative estimate of drug-likeness (QED) is 0.0740. The van der Waals surface area contributed by atoms with Crippen LogP contribution in [0, 0.1) is 0 Å². The van der Waals surface area contributed by atoms with Crippen molar-refractivity contribution < 1.29 is 9.47 Å². The first-order chi connectivity index (χ1) is 14.3. The molecule has 2 nitrogen and oxygen atoms in total. The van der Waals surface area contributed by atoms with Crippen LogP contribution in [0.1, 0.15) is 142 Å². The Hall–Kier alpha value is 0.400. The van der Waals surface area contributed by atoms with Gasteiger partial charge >= 0.3 is 0 Å². The van der Waals surface area contributed by atoms with Crippen molar-refractivity contribution in [1.29, 1.82) is 0 Å². The third-order valence-corrected chi connectivity index (χ3v) is 6.24. The standard InChI is InChI=1S/C26H53BrO2/c1-3-5-7-9-11-16-20-24-28-26(22-18-14-13-15-19-23-27)29-25-21-17-12-10-8-6-4-2/h26H,3-25H2,1-2H3. The Balaban J connectivity index is 3.79. The molecule has 0 saturated carbocycles. The fraction of sp³-hybridized carbons (Fsp3) is 1.00. The van der Waals surface area contributed by atoms with Gasteiger partial charge in [0.15, 0.2) is 6.29 Å². The zero-order valence-corrected chi connectivity index (χ0v) is 21.6. The lowest BCUT2D eigenvalue weighted by molar-refractivity contribution is -0.148. The summed E-state index contributed by atoms with van der Waals surface area (Å²) in [6.45, 7) is 6.31. The molecule has 0 aliphatic heterocycles. The summed E-state index contributed by atoms with van der Waals surface area (Å²) >= 11 is 3.52. The van der Waals surface area contributed by atoms with Gasteiger partial charge in [-0.25, -0.2) is 0 Å². The van der Waals surface area contributed by atoms with Crippen molar-refractivity contribution in [3.63, 3.8) is 0 Å². The summed E-state index contributed by atoms with van der Waals surface area (Å²) in [6.07, 6.45) is 26.4. The van der Waals surface area contributed by atoms with Crippen LogP contribution in [0.3, 0.4) is 0 Å². The van der Waals surface area contributed by atoms with E-state index in [0.29, 0.717) is 0 Å². The smallest absolute Gasteiger partial charge is 0.157 e. The number of ether oxygens (including phenoxy) is 2. The van der Waals surface area contributed by atoms with Crippen molar-refractivity contribution in [2.24, 2.45) is 0 Å². The first kappa shape index (κ1) is 29.4. The van der Waals surface area contributed by atoms with Crippen molar-refractivity contribution >= 4 is 15.9 Å². The molecule has 0 rings (SSSR count). The van der Waals surface area contributed by atoms with Gasteiger partial charge in [-0.05, 0) is 32.1 Å². The molecule has 0 atom stereocenters. The van der Waals surface area contributed by atoms with Gasteiger partial charge in [-0.2, -0.15) is 0 Å². The molecule has 0 aliphatic rings. The summed E-state index contributed by atoms with van der Waals surface area (Å²) in [5, 5.41) is 1.14. The highest BCUT2D eigenvalue weighted by atomic mass is 79.9. The highest BCUT2D eigenvalue weighted by Gasteiger charge is 2.09. The molecule has 0 radical (unpaired) electrons. The Morgan fingerprint density at radius 2 is 0.862 bits per heavy atom. The Labute approximate surface area is 192 Å². The van der Waals surface area contributed by atoms with Gasteiger partial charge in [-0.1, -0.05) is 126 Å². The molecule has 0 amide bonds. The summed E-state index contributed by atoms with van der Waals surface area (Å²) in [6, 6.07) is 0. The van der Waals surface area contributed by atoms with Crippen LogP contribution in [0.25, 0.3) is 0 Å². The van der Waals surface area contributed by atoms with E-state index < -0.39 is 0 Å². The number of alkyl halides is 1. The van der Waals surface area contributed by atoms with E-state index in [1.54, 1.807) is 0 Å². The first-order valence-corrected chi connectivity index (χ1v) is 14.3. The van der Waals surface area contributed by atoms with Crippen molar-refractivity contribution in [3.05, 3.63) is 0 Å². The van der Waals surface area contributed by atoms with E-state index in [-0.39, 0.29) is 6.29 Å². The van der Waals surface area contributed by atoms with Crippen molar-refractivity contribution in [2.45, 2.75) is 149 Å². The molecule has 0 aromatic carbocycles. The number of hydrogen-bond donors (Lipinski definition) is 0. The summed E-state index contributed by atoms with van der Waals surface area (Å²) in [5.74, 6) is 0. The Bertz CT molecular complexity index is 266. The third-order valence-electron chi connectivity index (χ3n) is 5.68. The van der Waals surface area contributed by atoms with Crippen LogP contribution in [0.2, 0.25) is 0 Å². The largest absolute Gasteiger partial charge is 0.353 e. The fourth-order valence-electron chi connectivity index (χ4n) is 3.70. The molecule has 3 heteroatoms. The molecule has 0 unspecified atom stereocenters. The first-order valence-electron chi connectivity index (χ1n) is 13.1. The highest BCUT2D eigenvalue weighted by molar-refractivity contribution is 9.09. The molecular formula is C26H53BrO2. The molecule has 0 bridgehead atoms. The molecule has 0 aromatic rings. The van der Waals surface area contributed by atoms with E-state index in [9.17, 15) is 0 Å². The van der Waals surface area contributed by atoms with Crippen LogP contribution < -0.4 is 0 Å². The molecule has 29 heavy (non-hydrogen) atoms. The Morgan fingerprint density at radius 3 is 1.31 bits per heavy atom. The highest BCUT2D eigenvalue weighted by Crippen LogP contribution is 2.14. The summed E-state index contributed by atoms with van der Waals surface area (Å²) in [5.41, 5.74) is 0. The minimum Gasteiger partial charge on any atom is -0.353 e. The van der Waals surface area contributed by atoms with Crippen LogP contribution in [-0.2, 0) is 9.47 Å². The Kier molecular flexibility index (Phi) is 26.8. The van der Waals surface area contributed by atoms with Crippen LogP contribution >= 0.6 is 15.9 Å². The van der Waals surface area contributed by atoms with Crippen LogP contribution in [0.5, 0.6) is 0 Å². The lowest BCUT2D eigenvalue weighted by Crippen LogP contribution is -2.19. The monoisotopic (exact) mass is 476 g/mol. The van der Waals surface area contributed by atoms with E-state index in [1.807, 2.05) is 0 Å². The normalized spacial score (nSPS) is 11.6. The van der Waals surface area contributed by atoms with Crippen LogP contribution in [0.4, 0.5) is 0 Å². The average Bonchev–Trinajstić information content (AvgIpc) is 2.73. The van der Waals surface area contributed by atoms with Crippen LogP contribution in [0.15, 0.2) is 0 Å². The number of rotatable bonds is 25. The average molecular weight is 478 g/mol. The lowest BCUT2D eigenvalue weighted by Gasteiger charge is -2.19. The van der Waals surface area contributed by atoms with Crippen molar-refractivity contribution in [2.75, 3.05) is 18.5 Å². The molecule has 0 spiro atoms. The minimum absolute atomic E-state index is 0.0337. The van der Waals surface area contributed by atoms with Gasteiger partial charge in [-0.3, -0.25) is 0 Å². The zero-order valence-electron chi connectivity index (χ0n) is 20.0. The molecule has 0 heterocycles. The molecule has 0 aliphatic carbocycles. The van der Waals surface area contributed by atoms with Gasteiger partial charge in [0.25, 0.3) is 0 Å². The minimum atomic E-state index is 0.0337. The predicted octanol–water partition coefficient (Wildman–Crippen LogP) is 9.58. The summed E-state index contributed by atoms with van der Waals surface area (Å²) < 4.78 is 12.3. The van der Waals surface area contributed by atoms with Gasteiger partial charge in [0.2, 0.25) is 0 Å². The summed E-state index contributed by atoms with van der Waals surface area (Å²) in [4.78, 5) is 0. The van der Waals surface area contributed by atoms with Crippen LogP contribution in [-0.4, -0.2) is 24.8 Å². The van der Waals surface area contributed by atoms with E-state index in [0.717, 1.165) is 25.0 Å². The maximum absolute atomic E-state index is 6.13. The fourth-order valence-corrected chi connectivity index (χ4v) is 4.09. The van der Waals surface area contributed by atoms with Gasteiger partial charge in [-0.15, -0.1) is 0 Å². The Morgan fingerprint density at radius 1 is 0.483 bits per heavy atom. The van der Waals surface area contributed by atoms with E-state index in [4.69, 9.17) is 9.47 Å². The molecule has 176 valence electrons. The second kappa shape index (κ2) is 26.4. The number of hydrogen-bond acceptors (Lipinski definition) is 2. The number of unbranched alkanes of at least 4 members (excludes halogenated alkanes) is 16. The second-order valence-electron chi connectivity index (χ2n) is 8.66. The third kappa shape index (κ3) is 24.5. The zero-order chi connectivity index (χ0) is 21.3. The van der Waals surface area contributed by atoms with E-state index in [1.165, 1.54) is 122 Å². The molecular weight excluding hydrogens is 424 g/mol. The lowest BCUT2D eigenvalue weighted by atomic mass is 10.1. The molecule has 0 fully saturated rings. The SMILES string of the molecule is CCCCCCCCCOC(CCCCCCCBr)OCCCCCCCCC. The van der Waals surface area contributed by atoms with E-state index in [2.05, 4.69) is 29.8 Å². The maximum Gasteiger partial charge on any atom is 0.157 e. The van der Waals surface area contributed by atoms with Gasteiger partial charge < -0.3 is 9.47 Å². The van der Waals surface area contributed by atoms with Gasteiger partial charge in [0.1, 0.15) is 0 Å². The molecule has 0 saturated heterocycles.